The molecule has 2 aromatic rings. The molecule has 1 aromatic heterocycles. The van der Waals surface area contributed by atoms with E-state index in [-0.39, 0.29) is 5.69 Å². The van der Waals surface area contributed by atoms with Gasteiger partial charge in [-0.2, -0.15) is 4.98 Å². The Morgan fingerprint density at radius 3 is 2.62 bits per heavy atom. The summed E-state index contributed by atoms with van der Waals surface area (Å²) in [7, 11) is 0. The zero-order valence-electron chi connectivity index (χ0n) is 9.66. The van der Waals surface area contributed by atoms with Crippen LogP contribution >= 0.6 is 0 Å². The number of aryl methyl sites for hydroxylation is 2. The van der Waals surface area contributed by atoms with Gasteiger partial charge in [-0.05, 0) is 38.0 Å². The van der Waals surface area contributed by atoms with Crippen molar-refractivity contribution in [1.29, 1.82) is 0 Å². The van der Waals surface area contributed by atoms with E-state index in [2.05, 4.69) is 23.0 Å². The molecule has 0 aliphatic carbocycles. The molecule has 3 nitrogen and oxygen atoms in total. The van der Waals surface area contributed by atoms with E-state index in [0.29, 0.717) is 0 Å². The third kappa shape index (κ3) is 1.89. The van der Waals surface area contributed by atoms with Gasteiger partial charge >= 0.3 is 5.69 Å². The molecule has 0 aliphatic heterocycles. The smallest absolute Gasteiger partial charge is 0.310 e. The number of benzene rings is 1. The Balaban J connectivity index is 2.67. The van der Waals surface area contributed by atoms with Gasteiger partial charge in [-0.1, -0.05) is 18.2 Å². The predicted molar refractivity (Wildman–Crippen MR) is 64.5 cm³/mol. The molecule has 0 amide bonds. The van der Waals surface area contributed by atoms with Crippen LogP contribution in [0.5, 0.6) is 0 Å². The fourth-order valence-electron chi connectivity index (χ4n) is 1.75. The zero-order chi connectivity index (χ0) is 11.7. The van der Waals surface area contributed by atoms with Gasteiger partial charge in [-0.3, -0.25) is 0 Å². The Morgan fingerprint density at radius 1 is 1.19 bits per heavy atom. The van der Waals surface area contributed by atoms with Crippen molar-refractivity contribution in [2.24, 2.45) is 0 Å². The van der Waals surface area contributed by atoms with Crippen LogP contribution in [0, 0.1) is 20.8 Å². The summed E-state index contributed by atoms with van der Waals surface area (Å²) in [5.74, 6) is 0. The fraction of sp³-hybridized carbons (Fsp3) is 0.231. The van der Waals surface area contributed by atoms with Crippen molar-refractivity contribution >= 4 is 0 Å². The largest absolute Gasteiger partial charge is 0.345 e. The van der Waals surface area contributed by atoms with Gasteiger partial charge in [-0.15, -0.1) is 0 Å². The summed E-state index contributed by atoms with van der Waals surface area (Å²) in [5, 5.41) is 0. The van der Waals surface area contributed by atoms with E-state index in [1.54, 1.807) is 0 Å². The average Bonchev–Trinajstić information content (AvgIpc) is 2.20. The Kier molecular flexibility index (Phi) is 2.60. The lowest BCUT2D eigenvalue weighted by Crippen LogP contribution is -2.12. The van der Waals surface area contributed by atoms with Gasteiger partial charge in [0, 0.05) is 11.3 Å². The topological polar surface area (TPSA) is 45.8 Å². The minimum absolute atomic E-state index is 0.295. The van der Waals surface area contributed by atoms with E-state index >= 15 is 0 Å². The summed E-state index contributed by atoms with van der Waals surface area (Å²) in [6.07, 6.45) is 0. The van der Waals surface area contributed by atoms with Crippen molar-refractivity contribution in [3.05, 3.63) is 51.6 Å². The van der Waals surface area contributed by atoms with Gasteiger partial charge in [0.15, 0.2) is 0 Å². The number of aromatic nitrogens is 2. The molecule has 0 unspecified atom stereocenters. The normalized spacial score (nSPS) is 10.4. The quantitative estimate of drug-likeness (QED) is 0.792. The van der Waals surface area contributed by atoms with E-state index in [9.17, 15) is 4.79 Å². The minimum atomic E-state index is -0.295. The summed E-state index contributed by atoms with van der Waals surface area (Å²) in [4.78, 5) is 18.0. The van der Waals surface area contributed by atoms with Crippen LogP contribution in [0.4, 0.5) is 0 Å². The Morgan fingerprint density at radius 2 is 1.94 bits per heavy atom. The van der Waals surface area contributed by atoms with E-state index < -0.39 is 0 Å². The molecule has 0 radical (unpaired) electrons. The number of H-pyrrole nitrogens is 1. The third-order valence-corrected chi connectivity index (χ3v) is 2.76. The van der Waals surface area contributed by atoms with Crippen molar-refractivity contribution in [1.82, 2.24) is 9.97 Å². The molecule has 0 fully saturated rings. The lowest BCUT2D eigenvalue weighted by Gasteiger charge is -2.07. The average molecular weight is 214 g/mol. The molecule has 0 atom stereocenters. The second-order valence-corrected chi connectivity index (χ2v) is 4.00. The van der Waals surface area contributed by atoms with Crippen molar-refractivity contribution < 1.29 is 0 Å². The van der Waals surface area contributed by atoms with Crippen molar-refractivity contribution in [3.63, 3.8) is 0 Å². The van der Waals surface area contributed by atoms with Gasteiger partial charge in [-0.25, -0.2) is 4.79 Å². The van der Waals surface area contributed by atoms with E-state index in [0.717, 1.165) is 17.0 Å². The molecule has 16 heavy (non-hydrogen) atoms. The van der Waals surface area contributed by atoms with Crippen molar-refractivity contribution in [3.8, 4) is 11.3 Å². The first-order valence-corrected chi connectivity index (χ1v) is 5.22. The summed E-state index contributed by atoms with van der Waals surface area (Å²) >= 11 is 0. The molecule has 1 aromatic carbocycles. The molecule has 0 bridgehead atoms. The highest BCUT2D eigenvalue weighted by Crippen LogP contribution is 2.22. The van der Waals surface area contributed by atoms with Gasteiger partial charge in [0.2, 0.25) is 0 Å². The molecule has 0 saturated carbocycles. The molecule has 0 aliphatic rings. The number of rotatable bonds is 1. The standard InChI is InChI=1S/C13H14N2O/c1-8-5-4-6-11(10(8)3)12-7-9(2)14-13(16)15-12/h4-7H,1-3H3,(H,14,15,16). The predicted octanol–water partition coefficient (Wildman–Crippen LogP) is 2.36. The van der Waals surface area contributed by atoms with Crippen molar-refractivity contribution in [2.75, 3.05) is 0 Å². The first-order chi connectivity index (χ1) is 7.58. The SMILES string of the molecule is Cc1cc(-c2cccc(C)c2C)nc(=O)[nH]1. The first kappa shape index (κ1) is 10.6. The maximum atomic E-state index is 11.3. The van der Waals surface area contributed by atoms with Crippen LogP contribution in [-0.4, -0.2) is 9.97 Å². The second kappa shape index (κ2) is 3.93. The van der Waals surface area contributed by atoms with Gasteiger partial charge in [0.1, 0.15) is 0 Å². The summed E-state index contributed by atoms with van der Waals surface area (Å²) in [6, 6.07) is 7.92. The van der Waals surface area contributed by atoms with E-state index in [1.165, 1.54) is 11.1 Å². The van der Waals surface area contributed by atoms with Gasteiger partial charge < -0.3 is 4.98 Å². The number of hydrogen-bond acceptors (Lipinski definition) is 2. The summed E-state index contributed by atoms with van der Waals surface area (Å²) < 4.78 is 0. The summed E-state index contributed by atoms with van der Waals surface area (Å²) in [6.45, 7) is 5.96. The van der Waals surface area contributed by atoms with Crippen LogP contribution in [0.3, 0.4) is 0 Å². The monoisotopic (exact) mass is 214 g/mol. The van der Waals surface area contributed by atoms with Gasteiger partial charge in [0.25, 0.3) is 0 Å². The molecule has 1 heterocycles. The van der Waals surface area contributed by atoms with E-state index in [1.807, 2.05) is 32.0 Å². The number of hydrogen-bond donors (Lipinski definition) is 1. The Bertz CT molecular complexity index is 585. The highest BCUT2D eigenvalue weighted by atomic mass is 16.1. The molecular formula is C13H14N2O. The number of aromatic amines is 1. The number of nitrogens with zero attached hydrogens (tertiary/aromatic N) is 1. The second-order valence-electron chi connectivity index (χ2n) is 4.00. The molecule has 82 valence electrons. The highest BCUT2D eigenvalue weighted by molar-refractivity contribution is 5.64. The van der Waals surface area contributed by atoms with Crippen LogP contribution in [0.25, 0.3) is 11.3 Å². The van der Waals surface area contributed by atoms with Crippen LogP contribution in [0.1, 0.15) is 16.8 Å². The fourth-order valence-corrected chi connectivity index (χ4v) is 1.75. The summed E-state index contributed by atoms with van der Waals surface area (Å²) in [5.41, 5.74) is 4.67. The lowest BCUT2D eigenvalue weighted by molar-refractivity contribution is 1.03. The molecule has 0 saturated heterocycles. The lowest BCUT2D eigenvalue weighted by atomic mass is 10.0. The Hall–Kier alpha value is -1.90. The zero-order valence-corrected chi connectivity index (χ0v) is 9.66. The first-order valence-electron chi connectivity index (χ1n) is 5.22. The van der Waals surface area contributed by atoms with Crippen LogP contribution in [0.15, 0.2) is 29.1 Å². The molecule has 0 spiro atoms. The van der Waals surface area contributed by atoms with Gasteiger partial charge in [0.05, 0.1) is 5.69 Å². The van der Waals surface area contributed by atoms with Crippen molar-refractivity contribution in [2.45, 2.75) is 20.8 Å². The van der Waals surface area contributed by atoms with Crippen LogP contribution < -0.4 is 5.69 Å². The molecular weight excluding hydrogens is 200 g/mol. The molecule has 1 N–H and O–H groups in total. The molecule has 2 rings (SSSR count). The highest BCUT2D eigenvalue weighted by Gasteiger charge is 2.06. The van der Waals surface area contributed by atoms with Crippen LogP contribution in [-0.2, 0) is 0 Å². The maximum absolute atomic E-state index is 11.3. The third-order valence-electron chi connectivity index (χ3n) is 2.76. The van der Waals surface area contributed by atoms with Crippen LogP contribution in [0.2, 0.25) is 0 Å². The maximum Gasteiger partial charge on any atom is 0.345 e. The Labute approximate surface area is 94.2 Å². The molecule has 3 heteroatoms. The minimum Gasteiger partial charge on any atom is -0.310 e. The number of nitrogens with one attached hydrogen (secondary N) is 1. The van der Waals surface area contributed by atoms with E-state index in [4.69, 9.17) is 0 Å².